The molecule has 1 aromatic carbocycles. The first kappa shape index (κ1) is 15.7. The van der Waals surface area contributed by atoms with Crippen LogP contribution in [0.4, 0.5) is 0 Å². The summed E-state index contributed by atoms with van der Waals surface area (Å²) in [5.74, 6) is 0.0817. The van der Waals surface area contributed by atoms with Gasteiger partial charge in [-0.2, -0.15) is 0 Å². The van der Waals surface area contributed by atoms with Crippen LogP contribution in [0.25, 0.3) is 0 Å². The van der Waals surface area contributed by atoms with E-state index in [-0.39, 0.29) is 18.0 Å². The number of rotatable bonds is 7. The first-order valence-electron chi connectivity index (χ1n) is 7.31. The van der Waals surface area contributed by atoms with E-state index in [1.54, 1.807) is 0 Å². The first-order valence-corrected chi connectivity index (χ1v) is 7.31. The summed E-state index contributed by atoms with van der Waals surface area (Å²) in [5.41, 5.74) is 2.49. The summed E-state index contributed by atoms with van der Waals surface area (Å²) in [5, 5.41) is 0. The fourth-order valence-electron chi connectivity index (χ4n) is 2.34. The third-order valence-electron chi connectivity index (χ3n) is 3.31. The van der Waals surface area contributed by atoms with E-state index in [2.05, 4.69) is 39.0 Å². The zero-order valence-corrected chi connectivity index (χ0v) is 12.6. The van der Waals surface area contributed by atoms with Crippen LogP contribution in [0.5, 0.6) is 0 Å². The normalized spacial score (nSPS) is 12.5. The predicted molar refractivity (Wildman–Crippen MR) is 79.0 cm³/mol. The van der Waals surface area contributed by atoms with Gasteiger partial charge in [0.15, 0.2) is 0 Å². The van der Waals surface area contributed by atoms with Crippen molar-refractivity contribution in [2.75, 3.05) is 0 Å². The van der Waals surface area contributed by atoms with Gasteiger partial charge in [-0.1, -0.05) is 57.9 Å². The monoisotopic (exact) mass is 262 g/mol. The third kappa shape index (κ3) is 5.06. The van der Waals surface area contributed by atoms with Crippen molar-refractivity contribution in [2.24, 2.45) is 5.92 Å². The lowest BCUT2D eigenvalue weighted by Gasteiger charge is -2.23. The van der Waals surface area contributed by atoms with Crippen LogP contribution in [-0.2, 0) is 16.0 Å². The molecule has 0 saturated carbocycles. The van der Waals surface area contributed by atoms with E-state index in [4.69, 9.17) is 4.74 Å². The lowest BCUT2D eigenvalue weighted by molar-refractivity contribution is -0.149. The molecule has 0 amide bonds. The Kier molecular flexibility index (Phi) is 6.61. The number of hydrogen-bond acceptors (Lipinski definition) is 2. The molecule has 1 aromatic rings. The standard InChI is InChI=1S/C17H26O2/c1-5-6-7-10-15-11-8-9-12-16(15)17(13(2)3)19-14(4)18/h8-9,11-13,17H,5-7,10H2,1-4H3. The topological polar surface area (TPSA) is 26.3 Å². The van der Waals surface area contributed by atoms with E-state index in [0.717, 1.165) is 6.42 Å². The Bertz CT molecular complexity index is 396. The lowest BCUT2D eigenvalue weighted by atomic mass is 9.92. The van der Waals surface area contributed by atoms with Gasteiger partial charge in [0, 0.05) is 6.92 Å². The van der Waals surface area contributed by atoms with Crippen molar-refractivity contribution in [3.63, 3.8) is 0 Å². The molecule has 0 heterocycles. The van der Waals surface area contributed by atoms with Gasteiger partial charge in [-0.3, -0.25) is 4.79 Å². The molecule has 0 bridgehead atoms. The van der Waals surface area contributed by atoms with E-state index in [0.29, 0.717) is 0 Å². The fourth-order valence-corrected chi connectivity index (χ4v) is 2.34. The van der Waals surface area contributed by atoms with Crippen LogP contribution in [0, 0.1) is 5.92 Å². The number of carbonyl (C=O) groups excluding carboxylic acids is 1. The van der Waals surface area contributed by atoms with Gasteiger partial charge in [-0.05, 0) is 29.9 Å². The van der Waals surface area contributed by atoms with E-state index in [1.165, 1.54) is 37.3 Å². The minimum Gasteiger partial charge on any atom is -0.457 e. The number of carbonyl (C=O) groups is 1. The predicted octanol–water partition coefficient (Wildman–Crippen LogP) is 4.68. The zero-order valence-electron chi connectivity index (χ0n) is 12.6. The van der Waals surface area contributed by atoms with Gasteiger partial charge < -0.3 is 4.74 Å². The van der Waals surface area contributed by atoms with Crippen molar-refractivity contribution >= 4 is 5.97 Å². The molecule has 0 fully saturated rings. The quantitative estimate of drug-likeness (QED) is 0.527. The molecule has 1 unspecified atom stereocenters. The molecule has 0 saturated heterocycles. The van der Waals surface area contributed by atoms with Crippen LogP contribution in [-0.4, -0.2) is 5.97 Å². The molecule has 1 atom stereocenters. The maximum atomic E-state index is 11.3. The van der Waals surface area contributed by atoms with E-state index in [1.807, 2.05) is 6.07 Å². The van der Waals surface area contributed by atoms with E-state index < -0.39 is 0 Å². The number of benzene rings is 1. The molecule has 19 heavy (non-hydrogen) atoms. The number of esters is 1. The molecule has 1 rings (SSSR count). The SMILES string of the molecule is CCCCCc1ccccc1C(OC(C)=O)C(C)C. The highest BCUT2D eigenvalue weighted by atomic mass is 16.5. The van der Waals surface area contributed by atoms with Crippen LogP contribution in [0.3, 0.4) is 0 Å². The number of hydrogen-bond donors (Lipinski definition) is 0. The average Bonchev–Trinajstić information content (AvgIpc) is 2.36. The van der Waals surface area contributed by atoms with Crippen molar-refractivity contribution < 1.29 is 9.53 Å². The molecule has 0 aliphatic carbocycles. The maximum Gasteiger partial charge on any atom is 0.303 e. The number of aryl methyl sites for hydroxylation is 1. The molecule has 0 aromatic heterocycles. The number of unbranched alkanes of at least 4 members (excludes halogenated alkanes) is 2. The Hall–Kier alpha value is -1.31. The van der Waals surface area contributed by atoms with Gasteiger partial charge in [0.25, 0.3) is 0 Å². The summed E-state index contributed by atoms with van der Waals surface area (Å²) in [4.78, 5) is 11.3. The molecule has 0 radical (unpaired) electrons. The second-order valence-corrected chi connectivity index (χ2v) is 5.43. The van der Waals surface area contributed by atoms with Gasteiger partial charge in [-0.25, -0.2) is 0 Å². The Balaban J connectivity index is 2.91. The van der Waals surface area contributed by atoms with E-state index >= 15 is 0 Å². The summed E-state index contributed by atoms with van der Waals surface area (Å²) in [7, 11) is 0. The Morgan fingerprint density at radius 2 is 1.89 bits per heavy atom. The van der Waals surface area contributed by atoms with Crippen LogP contribution < -0.4 is 0 Å². The van der Waals surface area contributed by atoms with Crippen molar-refractivity contribution in [1.29, 1.82) is 0 Å². The molecular weight excluding hydrogens is 236 g/mol. The first-order chi connectivity index (χ1) is 9.06. The molecule has 0 aliphatic rings. The summed E-state index contributed by atoms with van der Waals surface area (Å²) in [6, 6.07) is 8.34. The van der Waals surface area contributed by atoms with Gasteiger partial charge in [0.2, 0.25) is 0 Å². The van der Waals surface area contributed by atoms with Gasteiger partial charge in [0.1, 0.15) is 6.10 Å². The zero-order chi connectivity index (χ0) is 14.3. The molecule has 2 heteroatoms. The highest BCUT2D eigenvalue weighted by molar-refractivity contribution is 5.66. The smallest absolute Gasteiger partial charge is 0.303 e. The summed E-state index contributed by atoms with van der Waals surface area (Å²) < 4.78 is 5.51. The van der Waals surface area contributed by atoms with Crippen LogP contribution >= 0.6 is 0 Å². The Morgan fingerprint density at radius 1 is 1.21 bits per heavy atom. The molecule has 2 nitrogen and oxygen atoms in total. The summed E-state index contributed by atoms with van der Waals surface area (Å²) in [6.45, 7) is 7.88. The second kappa shape index (κ2) is 7.98. The average molecular weight is 262 g/mol. The van der Waals surface area contributed by atoms with Gasteiger partial charge in [0.05, 0.1) is 0 Å². The van der Waals surface area contributed by atoms with Crippen LogP contribution in [0.1, 0.15) is 64.2 Å². The van der Waals surface area contributed by atoms with Gasteiger partial charge in [-0.15, -0.1) is 0 Å². The molecule has 0 aliphatic heterocycles. The van der Waals surface area contributed by atoms with Crippen LogP contribution in [0.15, 0.2) is 24.3 Å². The molecule has 106 valence electrons. The number of ether oxygens (including phenoxy) is 1. The maximum absolute atomic E-state index is 11.3. The highest BCUT2D eigenvalue weighted by Crippen LogP contribution is 2.29. The fraction of sp³-hybridized carbons (Fsp3) is 0.588. The van der Waals surface area contributed by atoms with Crippen molar-refractivity contribution in [3.05, 3.63) is 35.4 Å². The molecular formula is C17H26O2. The Labute approximate surface area is 117 Å². The van der Waals surface area contributed by atoms with Crippen LogP contribution in [0.2, 0.25) is 0 Å². The van der Waals surface area contributed by atoms with Crippen molar-refractivity contribution in [2.45, 2.75) is 59.5 Å². The second-order valence-electron chi connectivity index (χ2n) is 5.43. The minimum absolute atomic E-state index is 0.129. The van der Waals surface area contributed by atoms with Gasteiger partial charge >= 0.3 is 5.97 Å². The molecule has 0 spiro atoms. The van der Waals surface area contributed by atoms with Crippen molar-refractivity contribution in [1.82, 2.24) is 0 Å². The van der Waals surface area contributed by atoms with Crippen molar-refractivity contribution in [3.8, 4) is 0 Å². The van der Waals surface area contributed by atoms with E-state index in [9.17, 15) is 4.79 Å². The highest BCUT2D eigenvalue weighted by Gasteiger charge is 2.21. The largest absolute Gasteiger partial charge is 0.457 e. The summed E-state index contributed by atoms with van der Waals surface area (Å²) >= 11 is 0. The summed E-state index contributed by atoms with van der Waals surface area (Å²) in [6.07, 6.45) is 4.59. The lowest BCUT2D eigenvalue weighted by Crippen LogP contribution is -2.16. The Morgan fingerprint density at radius 3 is 2.47 bits per heavy atom. The third-order valence-corrected chi connectivity index (χ3v) is 3.31. The minimum atomic E-state index is -0.206. The molecule has 0 N–H and O–H groups in total.